The van der Waals surface area contributed by atoms with Crippen molar-refractivity contribution in [3.63, 3.8) is 0 Å². The minimum absolute atomic E-state index is 0.00773. The summed E-state index contributed by atoms with van der Waals surface area (Å²) in [6.45, 7) is 1.36. The molecule has 1 N–H and O–H groups in total. The number of ether oxygens (including phenoxy) is 2. The van der Waals surface area contributed by atoms with Crippen molar-refractivity contribution < 1.29 is 14.3 Å². The largest absolute Gasteiger partial charge is 0.489 e. The van der Waals surface area contributed by atoms with Crippen LogP contribution in [0.1, 0.15) is 24.0 Å². The molecule has 1 atom stereocenters. The van der Waals surface area contributed by atoms with Crippen LogP contribution < -0.4 is 10.1 Å². The van der Waals surface area contributed by atoms with Crippen LogP contribution in [0.3, 0.4) is 0 Å². The first-order chi connectivity index (χ1) is 19.5. The lowest BCUT2D eigenvalue weighted by Crippen LogP contribution is -2.32. The summed E-state index contributed by atoms with van der Waals surface area (Å²) in [5.41, 5.74) is 3.72. The summed E-state index contributed by atoms with van der Waals surface area (Å²) in [7, 11) is 0. The summed E-state index contributed by atoms with van der Waals surface area (Å²) < 4.78 is 13.2. The second-order valence-electron chi connectivity index (χ2n) is 9.28. The van der Waals surface area contributed by atoms with Gasteiger partial charge in [-0.25, -0.2) is 4.68 Å². The van der Waals surface area contributed by atoms with E-state index in [1.807, 2.05) is 72.9 Å². The van der Waals surface area contributed by atoms with E-state index < -0.39 is 5.91 Å². The van der Waals surface area contributed by atoms with Gasteiger partial charge in [0.25, 0.3) is 5.91 Å². The molecule has 0 saturated carbocycles. The Labute approximate surface area is 242 Å². The number of para-hydroxylation sites is 1. The number of nitrogens with one attached hydrogen (secondary N) is 1. The Balaban J connectivity index is 1.39. The number of nitrogens with zero attached hydrogens (tertiary/aromatic N) is 3. The molecule has 3 aromatic carbocycles. The van der Waals surface area contributed by atoms with Crippen molar-refractivity contribution in [2.24, 2.45) is 0 Å². The fourth-order valence-corrected chi connectivity index (χ4v) is 4.81. The molecule has 9 heteroatoms. The van der Waals surface area contributed by atoms with Gasteiger partial charge in [0.2, 0.25) is 0 Å². The summed E-state index contributed by atoms with van der Waals surface area (Å²) in [6.07, 6.45) is 5.23. The van der Waals surface area contributed by atoms with E-state index in [1.54, 1.807) is 22.9 Å². The van der Waals surface area contributed by atoms with Crippen molar-refractivity contribution in [2.45, 2.75) is 25.6 Å². The molecule has 1 aliphatic rings. The van der Waals surface area contributed by atoms with E-state index in [4.69, 9.17) is 37.8 Å². The lowest BCUT2D eigenvalue weighted by Gasteiger charge is -2.10. The maximum atomic E-state index is 12.8. The van der Waals surface area contributed by atoms with Gasteiger partial charge in [-0.15, -0.1) is 0 Å². The van der Waals surface area contributed by atoms with E-state index in [0.717, 1.165) is 29.7 Å². The van der Waals surface area contributed by atoms with Gasteiger partial charge < -0.3 is 14.8 Å². The smallest absolute Gasteiger partial charge is 0.262 e. The minimum atomic E-state index is -0.444. The summed E-state index contributed by atoms with van der Waals surface area (Å²) in [4.78, 5) is 12.8. The second-order valence-corrected chi connectivity index (χ2v) is 10.1. The molecular weight excluding hydrogens is 547 g/mol. The van der Waals surface area contributed by atoms with Crippen molar-refractivity contribution in [3.05, 3.63) is 106 Å². The normalized spacial score (nSPS) is 15.0. The number of carbonyl (C=O) groups is 1. The average molecular weight is 573 g/mol. The molecule has 1 amide bonds. The fourth-order valence-electron chi connectivity index (χ4n) is 4.35. The molecule has 202 valence electrons. The highest BCUT2D eigenvalue weighted by molar-refractivity contribution is 6.35. The quantitative estimate of drug-likeness (QED) is 0.179. The molecule has 1 fully saturated rings. The average Bonchev–Trinajstić information content (AvgIpc) is 3.65. The van der Waals surface area contributed by atoms with Gasteiger partial charge in [0.15, 0.2) is 0 Å². The van der Waals surface area contributed by atoms with Crippen LogP contribution in [0.5, 0.6) is 5.75 Å². The number of hydrogen-bond donors (Lipinski definition) is 1. The van der Waals surface area contributed by atoms with Crippen molar-refractivity contribution in [3.8, 4) is 28.8 Å². The van der Waals surface area contributed by atoms with Gasteiger partial charge in [-0.1, -0.05) is 47.5 Å². The zero-order valence-electron chi connectivity index (χ0n) is 21.5. The highest BCUT2D eigenvalue weighted by atomic mass is 35.5. The highest BCUT2D eigenvalue weighted by Gasteiger charge is 2.19. The van der Waals surface area contributed by atoms with Gasteiger partial charge in [-0.05, 0) is 67.4 Å². The third-order valence-corrected chi connectivity index (χ3v) is 7.07. The molecule has 2 heterocycles. The van der Waals surface area contributed by atoms with Crippen LogP contribution in [0.2, 0.25) is 10.0 Å². The zero-order valence-corrected chi connectivity index (χ0v) is 23.0. The first-order valence-electron chi connectivity index (χ1n) is 12.8. The van der Waals surface area contributed by atoms with E-state index in [1.165, 1.54) is 0 Å². The van der Waals surface area contributed by atoms with E-state index in [2.05, 4.69) is 5.32 Å². The first-order valence-corrected chi connectivity index (χ1v) is 13.6. The van der Waals surface area contributed by atoms with E-state index in [-0.39, 0.29) is 11.7 Å². The number of carbonyl (C=O) groups excluding carboxylic acids is 1. The first kappa shape index (κ1) is 27.5. The van der Waals surface area contributed by atoms with Crippen molar-refractivity contribution in [1.29, 1.82) is 5.26 Å². The van der Waals surface area contributed by atoms with Crippen molar-refractivity contribution in [1.82, 2.24) is 15.1 Å². The van der Waals surface area contributed by atoms with Crippen LogP contribution in [0.4, 0.5) is 0 Å². The van der Waals surface area contributed by atoms with Crippen LogP contribution in [0, 0.1) is 11.3 Å². The Morgan fingerprint density at radius 2 is 1.95 bits per heavy atom. The maximum absolute atomic E-state index is 12.8. The van der Waals surface area contributed by atoms with E-state index >= 15 is 0 Å². The molecule has 40 heavy (non-hydrogen) atoms. The van der Waals surface area contributed by atoms with Crippen molar-refractivity contribution in [2.75, 3.05) is 13.2 Å². The maximum Gasteiger partial charge on any atom is 0.262 e. The molecule has 5 rings (SSSR count). The number of amides is 1. The highest BCUT2D eigenvalue weighted by Crippen LogP contribution is 2.29. The van der Waals surface area contributed by atoms with Crippen LogP contribution in [0.15, 0.2) is 84.6 Å². The third-order valence-electron chi connectivity index (χ3n) is 6.48. The van der Waals surface area contributed by atoms with Gasteiger partial charge in [-0.2, -0.15) is 10.4 Å². The molecule has 1 aliphatic heterocycles. The summed E-state index contributed by atoms with van der Waals surface area (Å²) >= 11 is 12.2. The molecule has 1 aromatic heterocycles. The second kappa shape index (κ2) is 12.8. The van der Waals surface area contributed by atoms with Gasteiger partial charge in [0.05, 0.1) is 17.5 Å². The zero-order chi connectivity index (χ0) is 27.9. The van der Waals surface area contributed by atoms with Crippen LogP contribution in [-0.4, -0.2) is 34.9 Å². The lowest BCUT2D eigenvalue weighted by molar-refractivity contribution is -0.117. The molecule has 1 saturated heterocycles. The Bertz CT molecular complexity index is 1550. The van der Waals surface area contributed by atoms with E-state index in [0.29, 0.717) is 46.8 Å². The molecule has 1 unspecified atom stereocenters. The standard InChI is InChI=1S/C31H26Cl2N4O3/c32-25-11-8-22(29(33)16-25)20-40-27-12-9-21(10-13-27)30-24(19-37(36-30)26-5-2-1-3-6-26)15-23(17-34)31(38)35-18-28-7-4-14-39-28/h1-3,5-6,8-13,15-16,19,28H,4,7,14,18,20H2,(H,35,38). The molecule has 0 spiro atoms. The van der Waals surface area contributed by atoms with Gasteiger partial charge in [0.1, 0.15) is 24.0 Å². The number of hydrogen-bond acceptors (Lipinski definition) is 5. The van der Waals surface area contributed by atoms with E-state index in [9.17, 15) is 10.1 Å². The Morgan fingerprint density at radius 1 is 1.15 bits per heavy atom. The van der Waals surface area contributed by atoms with Gasteiger partial charge >= 0.3 is 0 Å². The molecule has 7 nitrogen and oxygen atoms in total. The minimum Gasteiger partial charge on any atom is -0.489 e. The molecule has 0 radical (unpaired) electrons. The molecular formula is C31H26Cl2N4O3. The third kappa shape index (κ3) is 6.72. The number of benzene rings is 3. The summed E-state index contributed by atoms with van der Waals surface area (Å²) in [5, 5.41) is 18.5. The Hall–Kier alpha value is -4.09. The van der Waals surface area contributed by atoms with Crippen molar-refractivity contribution >= 4 is 35.2 Å². The SMILES string of the molecule is N#CC(=Cc1cn(-c2ccccc2)nc1-c1ccc(OCc2ccc(Cl)cc2Cl)cc1)C(=O)NCC1CCCO1. The number of halogens is 2. The molecule has 4 aromatic rings. The molecule has 0 aliphatic carbocycles. The van der Waals surface area contributed by atoms with Crippen LogP contribution in [0.25, 0.3) is 23.0 Å². The summed E-state index contributed by atoms with van der Waals surface area (Å²) in [5.74, 6) is 0.210. The Morgan fingerprint density at radius 3 is 2.65 bits per heavy atom. The van der Waals surface area contributed by atoms with Gasteiger partial charge in [0, 0.05) is 46.1 Å². The Kier molecular flexibility index (Phi) is 8.82. The topological polar surface area (TPSA) is 89.2 Å². The predicted octanol–water partition coefficient (Wildman–Crippen LogP) is 6.63. The van der Waals surface area contributed by atoms with Gasteiger partial charge in [-0.3, -0.25) is 4.79 Å². The monoisotopic (exact) mass is 572 g/mol. The fraction of sp³-hybridized carbons (Fsp3) is 0.194. The van der Waals surface area contributed by atoms with Crippen LogP contribution >= 0.6 is 23.2 Å². The number of nitriles is 1. The lowest BCUT2D eigenvalue weighted by atomic mass is 10.1. The molecule has 0 bridgehead atoms. The predicted molar refractivity (Wildman–Crippen MR) is 155 cm³/mol. The van der Waals surface area contributed by atoms with Crippen LogP contribution in [-0.2, 0) is 16.1 Å². The number of rotatable bonds is 9. The summed E-state index contributed by atoms with van der Waals surface area (Å²) in [6, 6.07) is 24.4. The number of aromatic nitrogens is 2.